The molecule has 0 saturated heterocycles. The van der Waals surface area contributed by atoms with Crippen LogP contribution in [0.1, 0.15) is 17.4 Å². The number of benzene rings is 1. The van der Waals surface area contributed by atoms with Gasteiger partial charge in [-0.15, -0.1) is 0 Å². The molecule has 2 rings (SSSR count). The van der Waals surface area contributed by atoms with Crippen LogP contribution in [0, 0.1) is 0 Å². The highest BCUT2D eigenvalue weighted by molar-refractivity contribution is 5.87. The summed E-state index contributed by atoms with van der Waals surface area (Å²) in [7, 11) is 0. The van der Waals surface area contributed by atoms with Gasteiger partial charge in [0, 0.05) is 5.56 Å². The van der Waals surface area contributed by atoms with Crippen LogP contribution in [0.3, 0.4) is 0 Å². The molecule has 0 fully saturated rings. The van der Waals surface area contributed by atoms with Crippen LogP contribution in [0.15, 0.2) is 30.3 Å². The highest BCUT2D eigenvalue weighted by Crippen LogP contribution is 2.28. The third kappa shape index (κ3) is 2.28. The van der Waals surface area contributed by atoms with Gasteiger partial charge in [0.05, 0.1) is 12.3 Å². The number of hydrogen-bond acceptors (Lipinski definition) is 3. The van der Waals surface area contributed by atoms with E-state index in [1.54, 1.807) is 0 Å². The van der Waals surface area contributed by atoms with Crippen LogP contribution in [0.25, 0.3) is 11.3 Å². The zero-order chi connectivity index (χ0) is 12.3. The summed E-state index contributed by atoms with van der Waals surface area (Å²) in [4.78, 5) is 10.8. The van der Waals surface area contributed by atoms with Crippen molar-refractivity contribution in [2.75, 3.05) is 6.61 Å². The first-order valence-corrected chi connectivity index (χ1v) is 5.23. The maximum Gasteiger partial charge on any atom is 0.353 e. The van der Waals surface area contributed by atoms with Crippen molar-refractivity contribution in [3.05, 3.63) is 36.0 Å². The molecule has 1 heterocycles. The third-order valence-corrected chi connectivity index (χ3v) is 2.27. The number of rotatable bonds is 4. The molecule has 0 atom stereocenters. The van der Waals surface area contributed by atoms with Crippen molar-refractivity contribution in [3.8, 4) is 17.0 Å². The van der Waals surface area contributed by atoms with E-state index in [9.17, 15) is 4.79 Å². The van der Waals surface area contributed by atoms with Gasteiger partial charge in [0.15, 0.2) is 0 Å². The summed E-state index contributed by atoms with van der Waals surface area (Å²) in [6.45, 7) is 2.44. The Morgan fingerprint density at radius 1 is 1.47 bits per heavy atom. The minimum Gasteiger partial charge on any atom is -0.493 e. The van der Waals surface area contributed by atoms with Gasteiger partial charge in [-0.25, -0.2) is 4.79 Å². The van der Waals surface area contributed by atoms with Crippen LogP contribution >= 0.6 is 0 Å². The van der Waals surface area contributed by atoms with Gasteiger partial charge >= 0.3 is 5.97 Å². The number of carboxylic acids is 1. The number of H-pyrrole nitrogens is 1. The average Bonchev–Trinajstić information content (AvgIpc) is 2.79. The van der Waals surface area contributed by atoms with Crippen LogP contribution in [0.5, 0.6) is 5.75 Å². The van der Waals surface area contributed by atoms with Crippen LogP contribution < -0.4 is 4.74 Å². The molecule has 1 aromatic heterocycles. The van der Waals surface area contributed by atoms with E-state index >= 15 is 0 Å². The molecule has 17 heavy (non-hydrogen) atoms. The molecule has 0 saturated carbocycles. The Morgan fingerprint density at radius 3 is 2.88 bits per heavy atom. The van der Waals surface area contributed by atoms with Crippen LogP contribution in [0.4, 0.5) is 0 Å². The highest BCUT2D eigenvalue weighted by atomic mass is 16.5. The lowest BCUT2D eigenvalue weighted by atomic mass is 10.1. The first-order chi connectivity index (χ1) is 8.22. The lowest BCUT2D eigenvalue weighted by Gasteiger charge is -2.07. The molecular formula is C12H12N2O3. The standard InChI is InChI=1S/C12H12N2O3/c1-2-17-11-6-4-3-5-8(11)9-7-10(12(15)16)14-13-9/h3-7H,2H2,1H3,(H,13,14)(H,15,16). The first kappa shape index (κ1) is 11.2. The molecule has 0 bridgehead atoms. The summed E-state index contributed by atoms with van der Waals surface area (Å²) in [5.41, 5.74) is 1.40. The van der Waals surface area contributed by atoms with Gasteiger partial charge in [0.25, 0.3) is 0 Å². The molecule has 0 unspecified atom stereocenters. The monoisotopic (exact) mass is 232 g/mol. The number of hydrogen-bond donors (Lipinski definition) is 2. The lowest BCUT2D eigenvalue weighted by Crippen LogP contribution is -1.95. The van der Waals surface area contributed by atoms with E-state index in [0.717, 1.165) is 5.56 Å². The Kier molecular flexibility index (Phi) is 3.09. The number of aromatic nitrogens is 2. The lowest BCUT2D eigenvalue weighted by molar-refractivity contribution is 0.0690. The summed E-state index contributed by atoms with van der Waals surface area (Å²) in [5.74, 6) is -0.337. The molecule has 2 N–H and O–H groups in total. The van der Waals surface area contributed by atoms with Crippen molar-refractivity contribution in [3.63, 3.8) is 0 Å². The van der Waals surface area contributed by atoms with Crippen LogP contribution in [-0.2, 0) is 0 Å². The summed E-state index contributed by atoms with van der Waals surface area (Å²) in [6.07, 6.45) is 0. The first-order valence-electron chi connectivity index (χ1n) is 5.23. The molecule has 2 aromatic rings. The van der Waals surface area contributed by atoms with Gasteiger partial charge in [-0.3, -0.25) is 5.10 Å². The molecule has 0 aliphatic carbocycles. The normalized spacial score (nSPS) is 10.2. The van der Waals surface area contributed by atoms with Crippen molar-refractivity contribution in [1.29, 1.82) is 0 Å². The fourth-order valence-electron chi connectivity index (χ4n) is 1.53. The second-order valence-electron chi connectivity index (χ2n) is 3.40. The maximum absolute atomic E-state index is 10.8. The number of carboxylic acid groups (broad SMARTS) is 1. The van der Waals surface area contributed by atoms with E-state index in [2.05, 4.69) is 10.2 Å². The summed E-state index contributed by atoms with van der Waals surface area (Å²) >= 11 is 0. The number of carbonyl (C=O) groups is 1. The van der Waals surface area contributed by atoms with E-state index in [4.69, 9.17) is 9.84 Å². The molecule has 88 valence electrons. The number of nitrogens with one attached hydrogen (secondary N) is 1. The second kappa shape index (κ2) is 4.69. The van der Waals surface area contributed by atoms with Gasteiger partial charge in [-0.05, 0) is 25.1 Å². The van der Waals surface area contributed by atoms with Gasteiger partial charge in [0.1, 0.15) is 11.4 Å². The number of para-hydroxylation sites is 1. The minimum atomic E-state index is -1.03. The topological polar surface area (TPSA) is 75.2 Å². The van der Waals surface area contributed by atoms with E-state index in [0.29, 0.717) is 18.1 Å². The number of aromatic carboxylic acids is 1. The Hall–Kier alpha value is -2.30. The molecule has 0 spiro atoms. The number of ether oxygens (including phenoxy) is 1. The van der Waals surface area contributed by atoms with Gasteiger partial charge in [-0.2, -0.15) is 5.10 Å². The van der Waals surface area contributed by atoms with E-state index in [1.165, 1.54) is 6.07 Å². The summed E-state index contributed by atoms with van der Waals surface area (Å²) in [5, 5.41) is 15.2. The largest absolute Gasteiger partial charge is 0.493 e. The molecule has 1 aromatic carbocycles. The molecule has 0 aliphatic heterocycles. The van der Waals surface area contributed by atoms with E-state index in [-0.39, 0.29) is 5.69 Å². The molecule has 0 aliphatic rings. The fraction of sp³-hybridized carbons (Fsp3) is 0.167. The Labute approximate surface area is 98.0 Å². The number of nitrogens with zero attached hydrogens (tertiary/aromatic N) is 1. The minimum absolute atomic E-state index is 0.0614. The third-order valence-electron chi connectivity index (χ3n) is 2.27. The van der Waals surface area contributed by atoms with Crippen molar-refractivity contribution >= 4 is 5.97 Å². The highest BCUT2D eigenvalue weighted by Gasteiger charge is 2.12. The molecule has 0 radical (unpaired) electrons. The fourth-order valence-corrected chi connectivity index (χ4v) is 1.53. The zero-order valence-corrected chi connectivity index (χ0v) is 9.30. The van der Waals surface area contributed by atoms with Crippen molar-refractivity contribution in [2.24, 2.45) is 0 Å². The molecular weight excluding hydrogens is 220 g/mol. The van der Waals surface area contributed by atoms with Crippen LogP contribution in [-0.4, -0.2) is 27.9 Å². The van der Waals surface area contributed by atoms with Crippen molar-refractivity contribution in [1.82, 2.24) is 10.2 Å². The predicted octanol–water partition coefficient (Wildman–Crippen LogP) is 2.17. The SMILES string of the molecule is CCOc1ccccc1-c1cc(C(=O)O)[nH]n1. The maximum atomic E-state index is 10.8. The molecule has 5 nitrogen and oxygen atoms in total. The van der Waals surface area contributed by atoms with Crippen LogP contribution in [0.2, 0.25) is 0 Å². The predicted molar refractivity (Wildman–Crippen MR) is 62.2 cm³/mol. The zero-order valence-electron chi connectivity index (χ0n) is 9.30. The van der Waals surface area contributed by atoms with Gasteiger partial charge in [-0.1, -0.05) is 12.1 Å². The Bertz CT molecular complexity index is 534. The van der Waals surface area contributed by atoms with Gasteiger partial charge < -0.3 is 9.84 Å². The van der Waals surface area contributed by atoms with E-state index in [1.807, 2.05) is 31.2 Å². The molecule has 0 amide bonds. The van der Waals surface area contributed by atoms with Gasteiger partial charge in [0.2, 0.25) is 0 Å². The Balaban J connectivity index is 2.41. The molecule has 5 heteroatoms. The average molecular weight is 232 g/mol. The summed E-state index contributed by atoms with van der Waals surface area (Å²) in [6, 6.07) is 8.87. The summed E-state index contributed by atoms with van der Waals surface area (Å²) < 4.78 is 5.46. The van der Waals surface area contributed by atoms with Crippen molar-refractivity contribution < 1.29 is 14.6 Å². The van der Waals surface area contributed by atoms with Crippen molar-refractivity contribution in [2.45, 2.75) is 6.92 Å². The second-order valence-corrected chi connectivity index (χ2v) is 3.40. The van der Waals surface area contributed by atoms with E-state index < -0.39 is 5.97 Å². The smallest absolute Gasteiger partial charge is 0.353 e. The Morgan fingerprint density at radius 2 is 2.24 bits per heavy atom. The quantitative estimate of drug-likeness (QED) is 0.847. The number of aromatic amines is 1.